The van der Waals surface area contributed by atoms with Crippen LogP contribution < -0.4 is 4.65 Å². The number of fused-ring (bicyclic) bond motifs is 1. The number of hydrogen-bond donors (Lipinski definition) is 2. The Morgan fingerprint density at radius 2 is 2.31 bits per heavy atom. The molecule has 1 aliphatic rings. The third-order valence-electron chi connectivity index (χ3n) is 2.68. The third kappa shape index (κ3) is 1.65. The molecule has 16 heavy (non-hydrogen) atoms. The van der Waals surface area contributed by atoms with E-state index in [0.717, 1.165) is 0 Å². The zero-order valence-corrected chi connectivity index (χ0v) is 8.66. The van der Waals surface area contributed by atoms with Crippen molar-refractivity contribution in [3.05, 3.63) is 28.6 Å². The molecule has 1 aliphatic heterocycles. The number of halogens is 1. The summed E-state index contributed by atoms with van der Waals surface area (Å²) in [5, 5.41) is 18.3. The van der Waals surface area contributed by atoms with Gasteiger partial charge in [0.2, 0.25) is 0 Å². The molecule has 6 heteroatoms. The largest absolute Gasteiger partial charge is 0.535 e. The van der Waals surface area contributed by atoms with Crippen molar-refractivity contribution in [3.8, 4) is 5.75 Å². The fourth-order valence-corrected chi connectivity index (χ4v) is 1.83. The van der Waals surface area contributed by atoms with Gasteiger partial charge < -0.3 is 14.8 Å². The summed E-state index contributed by atoms with van der Waals surface area (Å²) in [5.41, 5.74) is 0.319. The molecular formula is C10H10BFO4. The molecule has 1 aromatic rings. The van der Waals surface area contributed by atoms with Crippen molar-refractivity contribution in [2.24, 2.45) is 0 Å². The van der Waals surface area contributed by atoms with E-state index in [9.17, 15) is 14.2 Å². The van der Waals surface area contributed by atoms with Crippen LogP contribution in [0.25, 0.3) is 0 Å². The van der Waals surface area contributed by atoms with E-state index in [1.807, 2.05) is 0 Å². The topological polar surface area (TPSA) is 66.8 Å². The van der Waals surface area contributed by atoms with Crippen LogP contribution in [0.5, 0.6) is 5.75 Å². The molecule has 0 bridgehead atoms. The minimum Gasteiger partial charge on any atom is -0.535 e. The molecule has 0 radical (unpaired) electrons. The van der Waals surface area contributed by atoms with Crippen molar-refractivity contribution in [2.45, 2.75) is 19.7 Å². The Morgan fingerprint density at radius 3 is 2.94 bits per heavy atom. The number of hydrogen-bond acceptors (Lipinski definition) is 3. The van der Waals surface area contributed by atoms with Crippen molar-refractivity contribution in [2.75, 3.05) is 0 Å². The maximum absolute atomic E-state index is 13.4. The number of aromatic carboxylic acids is 1. The Morgan fingerprint density at radius 1 is 1.62 bits per heavy atom. The van der Waals surface area contributed by atoms with E-state index in [0.29, 0.717) is 18.3 Å². The third-order valence-corrected chi connectivity index (χ3v) is 2.68. The summed E-state index contributed by atoms with van der Waals surface area (Å²) in [6.45, 7) is 1.38. The Balaban J connectivity index is 2.65. The van der Waals surface area contributed by atoms with Crippen LogP contribution >= 0.6 is 0 Å². The normalized spacial score (nSPS) is 14.3. The minimum atomic E-state index is -1.25. The predicted octanol–water partition coefficient (Wildman–Crippen LogP) is 1.25. The Kier molecular flexibility index (Phi) is 2.59. The van der Waals surface area contributed by atoms with Gasteiger partial charge in [0.25, 0.3) is 0 Å². The minimum absolute atomic E-state index is 0.0281. The van der Waals surface area contributed by atoms with Crippen LogP contribution in [0.3, 0.4) is 0 Å². The molecule has 0 unspecified atom stereocenters. The molecule has 0 aliphatic carbocycles. The molecule has 2 N–H and O–H groups in total. The maximum Gasteiger partial charge on any atom is 0.522 e. The summed E-state index contributed by atoms with van der Waals surface area (Å²) < 4.78 is 18.5. The van der Waals surface area contributed by atoms with Gasteiger partial charge in [-0.1, -0.05) is 0 Å². The van der Waals surface area contributed by atoms with Crippen molar-refractivity contribution < 1.29 is 24.0 Å². The second kappa shape index (κ2) is 3.79. The molecule has 0 fully saturated rings. The van der Waals surface area contributed by atoms with Crippen LogP contribution in [0, 0.1) is 12.7 Å². The predicted molar refractivity (Wildman–Crippen MR) is 55.2 cm³/mol. The highest BCUT2D eigenvalue weighted by atomic mass is 19.1. The van der Waals surface area contributed by atoms with E-state index in [1.54, 1.807) is 0 Å². The molecule has 0 spiro atoms. The first kappa shape index (κ1) is 10.9. The molecule has 4 nitrogen and oxygen atoms in total. The fourth-order valence-electron chi connectivity index (χ4n) is 1.83. The molecule has 1 heterocycles. The van der Waals surface area contributed by atoms with Gasteiger partial charge in [0.1, 0.15) is 17.1 Å². The highest BCUT2D eigenvalue weighted by Crippen LogP contribution is 2.33. The monoisotopic (exact) mass is 224 g/mol. The van der Waals surface area contributed by atoms with Crippen LogP contribution in [0.1, 0.15) is 21.5 Å². The average Bonchev–Trinajstić information content (AvgIpc) is 2.20. The molecule has 84 valence electrons. The molecular weight excluding hydrogens is 214 g/mol. The number of carbonyl (C=O) groups is 1. The van der Waals surface area contributed by atoms with Crippen molar-refractivity contribution in [1.29, 1.82) is 0 Å². The second-order valence-corrected chi connectivity index (χ2v) is 3.76. The highest BCUT2D eigenvalue weighted by molar-refractivity contribution is 6.44. The van der Waals surface area contributed by atoms with E-state index in [1.165, 1.54) is 13.0 Å². The van der Waals surface area contributed by atoms with Gasteiger partial charge >= 0.3 is 13.1 Å². The number of aryl methyl sites for hydroxylation is 1. The standard InChI is InChI=1S/C10H10BFO4/c1-5-7(12)4-6-2-3-11(15)16-9(6)8(5)10(13)14/h4,15H,2-3H2,1H3,(H,13,14). The Labute approximate surface area is 91.8 Å². The average molecular weight is 224 g/mol. The molecule has 0 atom stereocenters. The quantitative estimate of drug-likeness (QED) is 0.704. The molecule has 0 saturated carbocycles. The molecule has 0 saturated heterocycles. The lowest BCUT2D eigenvalue weighted by molar-refractivity contribution is 0.0692. The van der Waals surface area contributed by atoms with Crippen molar-refractivity contribution in [3.63, 3.8) is 0 Å². The summed E-state index contributed by atoms with van der Waals surface area (Å²) in [5.74, 6) is -1.72. The molecule has 2 rings (SSSR count). The molecule has 0 aromatic heterocycles. The smallest absolute Gasteiger partial charge is 0.522 e. The fraction of sp³-hybridized carbons (Fsp3) is 0.300. The Hall–Kier alpha value is -1.56. The van der Waals surface area contributed by atoms with Gasteiger partial charge in [-0.3, -0.25) is 0 Å². The lowest BCUT2D eigenvalue weighted by Crippen LogP contribution is -2.28. The van der Waals surface area contributed by atoms with Gasteiger partial charge in [-0.2, -0.15) is 0 Å². The first-order valence-corrected chi connectivity index (χ1v) is 4.90. The number of carboxylic acids is 1. The van der Waals surface area contributed by atoms with Gasteiger partial charge in [-0.15, -0.1) is 0 Å². The van der Waals surface area contributed by atoms with E-state index < -0.39 is 18.9 Å². The van der Waals surface area contributed by atoms with E-state index in [-0.39, 0.29) is 16.9 Å². The van der Waals surface area contributed by atoms with E-state index >= 15 is 0 Å². The summed E-state index contributed by atoms with van der Waals surface area (Å²) in [6.07, 6.45) is 0.753. The van der Waals surface area contributed by atoms with E-state index in [2.05, 4.69) is 0 Å². The number of benzene rings is 1. The number of carboxylic acid groups (broad SMARTS) is 1. The van der Waals surface area contributed by atoms with Gasteiger partial charge in [-0.25, -0.2) is 9.18 Å². The van der Waals surface area contributed by atoms with Crippen molar-refractivity contribution >= 4 is 13.1 Å². The van der Waals surface area contributed by atoms with Crippen LogP contribution in [0.2, 0.25) is 6.32 Å². The summed E-state index contributed by atoms with van der Waals surface area (Å²) in [4.78, 5) is 11.0. The first-order chi connectivity index (χ1) is 7.50. The van der Waals surface area contributed by atoms with Crippen LogP contribution in [0.15, 0.2) is 6.07 Å². The second-order valence-electron chi connectivity index (χ2n) is 3.76. The summed E-state index contributed by atoms with van der Waals surface area (Å²) >= 11 is 0. The lowest BCUT2D eigenvalue weighted by Gasteiger charge is -2.22. The summed E-state index contributed by atoms with van der Waals surface area (Å²) in [7, 11) is -1.02. The Bertz CT molecular complexity index is 461. The van der Waals surface area contributed by atoms with Crippen LogP contribution in [-0.2, 0) is 6.42 Å². The zero-order chi connectivity index (χ0) is 11.9. The lowest BCUT2D eigenvalue weighted by atomic mass is 9.78. The molecule has 0 amide bonds. The van der Waals surface area contributed by atoms with Crippen molar-refractivity contribution in [1.82, 2.24) is 0 Å². The van der Waals surface area contributed by atoms with Crippen LogP contribution in [0.4, 0.5) is 4.39 Å². The van der Waals surface area contributed by atoms with Gasteiger partial charge in [0.05, 0.1) is 0 Å². The van der Waals surface area contributed by atoms with Gasteiger partial charge in [0.15, 0.2) is 0 Å². The zero-order valence-electron chi connectivity index (χ0n) is 8.66. The van der Waals surface area contributed by atoms with E-state index in [4.69, 9.17) is 9.76 Å². The van der Waals surface area contributed by atoms with Gasteiger partial charge in [-0.05, 0) is 31.3 Å². The highest BCUT2D eigenvalue weighted by Gasteiger charge is 2.30. The van der Waals surface area contributed by atoms with Gasteiger partial charge in [0, 0.05) is 5.56 Å². The first-order valence-electron chi connectivity index (χ1n) is 4.90. The number of rotatable bonds is 1. The summed E-state index contributed by atoms with van der Waals surface area (Å²) in [6, 6.07) is 1.27. The maximum atomic E-state index is 13.4. The SMILES string of the molecule is Cc1c(F)cc2c(c1C(=O)O)OB(O)CC2. The van der Waals surface area contributed by atoms with Crippen LogP contribution in [-0.4, -0.2) is 23.2 Å². The molecule has 1 aromatic carbocycles.